The Kier molecular flexibility index (Phi) is 4.28. The number of nitrogens with one attached hydrogen (secondary N) is 2. The van der Waals surface area contributed by atoms with E-state index in [1.807, 2.05) is 0 Å². The van der Waals surface area contributed by atoms with Gasteiger partial charge in [-0.25, -0.2) is 0 Å². The Bertz CT molecular complexity index is 462. The van der Waals surface area contributed by atoms with Crippen molar-refractivity contribution in [1.29, 1.82) is 0 Å². The van der Waals surface area contributed by atoms with Gasteiger partial charge in [-0.15, -0.1) is 0 Å². The van der Waals surface area contributed by atoms with Gasteiger partial charge in [0.15, 0.2) is 0 Å². The topological polar surface area (TPSA) is 84.3 Å². The fourth-order valence-electron chi connectivity index (χ4n) is 1.26. The van der Waals surface area contributed by atoms with Crippen molar-refractivity contribution in [3.05, 3.63) is 32.8 Å². The number of halogens is 1. The number of nitro groups is 1. The van der Waals surface area contributed by atoms with Gasteiger partial charge in [-0.2, -0.15) is 0 Å². The first kappa shape index (κ1) is 13.2. The maximum atomic E-state index is 11.0. The van der Waals surface area contributed by atoms with E-state index in [1.165, 1.54) is 19.2 Å². The summed E-state index contributed by atoms with van der Waals surface area (Å²) in [6, 6.07) is 2.81. The molecule has 17 heavy (non-hydrogen) atoms. The van der Waals surface area contributed by atoms with Gasteiger partial charge in [-0.05, 0) is 18.6 Å². The molecule has 7 heteroatoms. The lowest BCUT2D eigenvalue weighted by atomic mass is 10.2. The van der Waals surface area contributed by atoms with E-state index in [4.69, 9.17) is 11.6 Å². The van der Waals surface area contributed by atoms with E-state index >= 15 is 0 Å². The molecule has 0 aliphatic carbocycles. The molecule has 1 rings (SSSR count). The molecule has 1 aromatic carbocycles. The summed E-state index contributed by atoms with van der Waals surface area (Å²) in [4.78, 5) is 21.1. The number of hydrogen-bond donors (Lipinski definition) is 2. The van der Waals surface area contributed by atoms with Crippen LogP contribution < -0.4 is 10.6 Å². The minimum absolute atomic E-state index is 0.0417. The Morgan fingerprint density at radius 3 is 2.71 bits per heavy atom. The number of benzene rings is 1. The summed E-state index contributed by atoms with van der Waals surface area (Å²) in [6.45, 7) is 1.79. The van der Waals surface area contributed by atoms with Gasteiger partial charge in [-0.3, -0.25) is 14.9 Å². The number of likely N-dealkylation sites (N-methyl/N-ethyl adjacent to an activating group) is 1. The number of hydrogen-bond acceptors (Lipinski definition) is 4. The summed E-state index contributed by atoms with van der Waals surface area (Å²) in [5.74, 6) is -0.182. The molecule has 6 nitrogen and oxygen atoms in total. The smallest absolute Gasteiger partial charge is 0.288 e. The van der Waals surface area contributed by atoms with Gasteiger partial charge in [0, 0.05) is 18.8 Å². The molecule has 92 valence electrons. The zero-order valence-electron chi connectivity index (χ0n) is 9.41. The first-order chi connectivity index (χ1) is 7.95. The molecule has 0 heterocycles. The van der Waals surface area contributed by atoms with E-state index < -0.39 is 4.92 Å². The van der Waals surface area contributed by atoms with Gasteiger partial charge in [-0.1, -0.05) is 11.6 Å². The van der Waals surface area contributed by atoms with E-state index in [-0.39, 0.29) is 23.2 Å². The van der Waals surface area contributed by atoms with Crippen LogP contribution in [0.15, 0.2) is 12.1 Å². The maximum absolute atomic E-state index is 11.0. The fraction of sp³-hybridized carbons (Fsp3) is 0.300. The fourth-order valence-corrected chi connectivity index (χ4v) is 1.49. The summed E-state index contributed by atoms with van der Waals surface area (Å²) in [5, 5.41) is 16.0. The summed E-state index contributed by atoms with van der Waals surface area (Å²) in [5.41, 5.74) is 1.11. The molecule has 1 amide bonds. The zero-order valence-corrected chi connectivity index (χ0v) is 10.2. The van der Waals surface area contributed by atoms with Gasteiger partial charge >= 0.3 is 0 Å². The lowest BCUT2D eigenvalue weighted by Gasteiger charge is -2.09. The van der Waals surface area contributed by atoms with E-state index in [9.17, 15) is 14.9 Å². The van der Waals surface area contributed by atoms with Crippen molar-refractivity contribution in [2.45, 2.75) is 6.92 Å². The van der Waals surface area contributed by atoms with Crippen molar-refractivity contribution in [2.75, 3.05) is 18.9 Å². The Balaban J connectivity index is 2.92. The average molecular weight is 258 g/mol. The van der Waals surface area contributed by atoms with Crippen molar-refractivity contribution in [3.63, 3.8) is 0 Å². The number of amides is 1. The van der Waals surface area contributed by atoms with E-state index in [1.54, 1.807) is 6.92 Å². The molecule has 0 aliphatic rings. The number of nitrogens with zero attached hydrogens (tertiary/aromatic N) is 1. The van der Waals surface area contributed by atoms with E-state index in [0.717, 1.165) is 0 Å². The molecule has 0 aliphatic heterocycles. The van der Waals surface area contributed by atoms with Crippen molar-refractivity contribution in [2.24, 2.45) is 0 Å². The predicted octanol–water partition coefficient (Wildman–Crippen LogP) is 1.71. The maximum Gasteiger partial charge on any atom is 0.288 e. The minimum atomic E-state index is -0.544. The third-order valence-electron chi connectivity index (χ3n) is 2.21. The van der Waals surface area contributed by atoms with E-state index in [2.05, 4.69) is 10.6 Å². The Morgan fingerprint density at radius 1 is 1.53 bits per heavy atom. The lowest BCUT2D eigenvalue weighted by Crippen LogP contribution is -2.26. The molecule has 0 saturated heterocycles. The monoisotopic (exact) mass is 257 g/mol. The van der Waals surface area contributed by atoms with Gasteiger partial charge in [0.2, 0.25) is 5.91 Å². The molecule has 0 fully saturated rings. The van der Waals surface area contributed by atoms with Crippen molar-refractivity contribution < 1.29 is 9.72 Å². The summed E-state index contributed by atoms with van der Waals surface area (Å²) >= 11 is 5.76. The molecule has 0 aromatic heterocycles. The molecule has 0 spiro atoms. The second kappa shape index (κ2) is 5.49. The number of carbonyl (C=O) groups is 1. The van der Waals surface area contributed by atoms with Crippen molar-refractivity contribution in [3.8, 4) is 0 Å². The van der Waals surface area contributed by atoms with Gasteiger partial charge < -0.3 is 10.6 Å². The molecule has 0 unspecified atom stereocenters. The largest absolute Gasteiger partial charge is 0.376 e. The Hall–Kier alpha value is -1.82. The Labute approximate surface area is 103 Å². The van der Waals surface area contributed by atoms with Crippen LogP contribution in [-0.4, -0.2) is 24.4 Å². The predicted molar refractivity (Wildman–Crippen MR) is 65.4 cm³/mol. The number of rotatable bonds is 4. The first-order valence-corrected chi connectivity index (χ1v) is 5.22. The standard InChI is InChI=1S/C10H12ClN3O3/c1-6-3-9(14(16)17)7(11)4-8(6)13-5-10(15)12-2/h3-4,13H,5H2,1-2H3,(H,12,15). The van der Waals surface area contributed by atoms with Crippen LogP contribution >= 0.6 is 11.6 Å². The quantitative estimate of drug-likeness (QED) is 0.635. The van der Waals surface area contributed by atoms with Crippen LogP contribution in [0.2, 0.25) is 5.02 Å². The van der Waals surface area contributed by atoms with Crippen molar-refractivity contribution >= 4 is 28.9 Å². The molecule has 2 N–H and O–H groups in total. The second-order valence-corrected chi connectivity index (χ2v) is 3.81. The molecule has 0 atom stereocenters. The highest BCUT2D eigenvalue weighted by Gasteiger charge is 2.15. The average Bonchev–Trinajstić information content (AvgIpc) is 2.28. The molecule has 0 radical (unpaired) electrons. The molecule has 0 saturated carbocycles. The van der Waals surface area contributed by atoms with Gasteiger partial charge in [0.1, 0.15) is 5.02 Å². The SMILES string of the molecule is CNC(=O)CNc1cc(Cl)c([N+](=O)[O-])cc1C. The highest BCUT2D eigenvalue weighted by atomic mass is 35.5. The molecule has 1 aromatic rings. The van der Waals surface area contributed by atoms with Crippen LogP contribution in [0, 0.1) is 17.0 Å². The highest BCUT2D eigenvalue weighted by Crippen LogP contribution is 2.30. The Morgan fingerprint density at radius 2 is 2.18 bits per heavy atom. The van der Waals surface area contributed by atoms with Crippen LogP contribution in [-0.2, 0) is 4.79 Å². The van der Waals surface area contributed by atoms with Crippen LogP contribution in [0.3, 0.4) is 0 Å². The number of anilines is 1. The lowest BCUT2D eigenvalue weighted by molar-refractivity contribution is -0.384. The summed E-state index contributed by atoms with van der Waals surface area (Å²) < 4.78 is 0. The summed E-state index contributed by atoms with van der Waals surface area (Å²) in [6.07, 6.45) is 0. The van der Waals surface area contributed by atoms with Gasteiger partial charge in [0.05, 0.1) is 11.5 Å². The van der Waals surface area contributed by atoms with Crippen LogP contribution in [0.4, 0.5) is 11.4 Å². The molecular weight excluding hydrogens is 246 g/mol. The minimum Gasteiger partial charge on any atom is -0.376 e. The number of nitro benzene ring substituents is 1. The van der Waals surface area contributed by atoms with E-state index in [0.29, 0.717) is 11.3 Å². The third-order valence-corrected chi connectivity index (χ3v) is 2.51. The molecule has 0 bridgehead atoms. The highest BCUT2D eigenvalue weighted by molar-refractivity contribution is 6.33. The zero-order chi connectivity index (χ0) is 13.0. The second-order valence-electron chi connectivity index (χ2n) is 3.40. The normalized spacial score (nSPS) is 9.82. The number of aryl methyl sites for hydroxylation is 1. The first-order valence-electron chi connectivity index (χ1n) is 4.84. The summed E-state index contributed by atoms with van der Waals surface area (Å²) in [7, 11) is 1.53. The van der Waals surface area contributed by atoms with Gasteiger partial charge in [0.25, 0.3) is 5.69 Å². The third kappa shape index (κ3) is 3.32. The molecular formula is C10H12ClN3O3. The number of carbonyl (C=O) groups excluding carboxylic acids is 1. The van der Waals surface area contributed by atoms with Crippen LogP contribution in [0.25, 0.3) is 0 Å². The van der Waals surface area contributed by atoms with Crippen LogP contribution in [0.1, 0.15) is 5.56 Å². The van der Waals surface area contributed by atoms with Crippen LogP contribution in [0.5, 0.6) is 0 Å². The van der Waals surface area contributed by atoms with Crippen molar-refractivity contribution in [1.82, 2.24) is 5.32 Å².